The SMILES string of the molecule is CC(C1CC1)N1C(=O)c2ccc(N)cc2C1=O. The van der Waals surface area contributed by atoms with E-state index in [-0.39, 0.29) is 17.9 Å². The molecular formula is C13H14N2O2. The van der Waals surface area contributed by atoms with Crippen LogP contribution in [-0.2, 0) is 0 Å². The molecule has 1 aliphatic carbocycles. The summed E-state index contributed by atoms with van der Waals surface area (Å²) < 4.78 is 0. The lowest BCUT2D eigenvalue weighted by molar-refractivity contribution is 0.0579. The van der Waals surface area contributed by atoms with Gasteiger partial charge in [0.2, 0.25) is 0 Å². The third kappa shape index (κ3) is 1.44. The molecule has 1 heterocycles. The molecule has 0 bridgehead atoms. The fourth-order valence-electron chi connectivity index (χ4n) is 2.44. The van der Waals surface area contributed by atoms with Gasteiger partial charge in [-0.3, -0.25) is 14.5 Å². The highest BCUT2D eigenvalue weighted by Crippen LogP contribution is 2.38. The Balaban J connectivity index is 2.01. The molecule has 1 aliphatic heterocycles. The summed E-state index contributed by atoms with van der Waals surface area (Å²) in [4.78, 5) is 25.7. The number of nitrogens with zero attached hydrogens (tertiary/aromatic N) is 1. The average Bonchev–Trinajstić information content (AvgIpc) is 3.09. The van der Waals surface area contributed by atoms with Gasteiger partial charge in [0, 0.05) is 11.7 Å². The number of anilines is 1. The molecule has 0 radical (unpaired) electrons. The first-order chi connectivity index (χ1) is 8.09. The first-order valence-electron chi connectivity index (χ1n) is 5.87. The van der Waals surface area contributed by atoms with Crippen molar-refractivity contribution in [2.75, 3.05) is 5.73 Å². The van der Waals surface area contributed by atoms with Gasteiger partial charge >= 0.3 is 0 Å². The summed E-state index contributed by atoms with van der Waals surface area (Å²) in [5.74, 6) is 0.107. The second kappa shape index (κ2) is 3.32. The number of benzene rings is 1. The zero-order chi connectivity index (χ0) is 12.2. The Morgan fingerprint density at radius 2 is 1.88 bits per heavy atom. The summed E-state index contributed by atoms with van der Waals surface area (Å²) in [5.41, 5.74) is 7.10. The van der Waals surface area contributed by atoms with Crippen LogP contribution >= 0.6 is 0 Å². The molecule has 0 saturated heterocycles. The highest BCUT2D eigenvalue weighted by Gasteiger charge is 2.43. The molecule has 2 amide bonds. The van der Waals surface area contributed by atoms with E-state index in [1.807, 2.05) is 6.92 Å². The van der Waals surface area contributed by atoms with Gasteiger partial charge in [0.05, 0.1) is 11.1 Å². The third-order valence-corrected chi connectivity index (χ3v) is 3.65. The highest BCUT2D eigenvalue weighted by molar-refractivity contribution is 6.21. The summed E-state index contributed by atoms with van der Waals surface area (Å²) in [5, 5.41) is 0. The number of carbonyl (C=O) groups is 2. The molecule has 1 saturated carbocycles. The van der Waals surface area contributed by atoms with E-state index >= 15 is 0 Å². The van der Waals surface area contributed by atoms with E-state index in [2.05, 4.69) is 0 Å². The van der Waals surface area contributed by atoms with Gasteiger partial charge in [-0.05, 0) is 43.9 Å². The Kier molecular flexibility index (Phi) is 2.02. The van der Waals surface area contributed by atoms with E-state index in [1.54, 1.807) is 18.2 Å². The average molecular weight is 230 g/mol. The van der Waals surface area contributed by atoms with Gasteiger partial charge in [-0.2, -0.15) is 0 Å². The lowest BCUT2D eigenvalue weighted by Gasteiger charge is -2.21. The largest absolute Gasteiger partial charge is 0.399 e. The fourth-order valence-corrected chi connectivity index (χ4v) is 2.44. The minimum atomic E-state index is -0.197. The quantitative estimate of drug-likeness (QED) is 0.620. The molecule has 0 spiro atoms. The van der Waals surface area contributed by atoms with E-state index in [0.717, 1.165) is 12.8 Å². The van der Waals surface area contributed by atoms with Crippen LogP contribution in [0.3, 0.4) is 0 Å². The van der Waals surface area contributed by atoms with Crippen molar-refractivity contribution in [3.05, 3.63) is 29.3 Å². The predicted octanol–water partition coefficient (Wildman–Crippen LogP) is 1.66. The molecular weight excluding hydrogens is 216 g/mol. The van der Waals surface area contributed by atoms with Crippen LogP contribution in [0.2, 0.25) is 0 Å². The van der Waals surface area contributed by atoms with Crippen molar-refractivity contribution in [2.45, 2.75) is 25.8 Å². The summed E-state index contributed by atoms with van der Waals surface area (Å²) in [6, 6.07) is 4.90. The maximum Gasteiger partial charge on any atom is 0.261 e. The van der Waals surface area contributed by atoms with Crippen molar-refractivity contribution in [3.8, 4) is 0 Å². The van der Waals surface area contributed by atoms with E-state index < -0.39 is 0 Å². The normalized spacial score (nSPS) is 20.6. The van der Waals surface area contributed by atoms with Crippen LogP contribution in [0.25, 0.3) is 0 Å². The monoisotopic (exact) mass is 230 g/mol. The topological polar surface area (TPSA) is 63.4 Å². The highest BCUT2D eigenvalue weighted by atomic mass is 16.2. The van der Waals surface area contributed by atoms with Crippen molar-refractivity contribution in [3.63, 3.8) is 0 Å². The van der Waals surface area contributed by atoms with E-state index in [1.165, 1.54) is 4.90 Å². The number of carbonyl (C=O) groups excluding carboxylic acids is 2. The van der Waals surface area contributed by atoms with E-state index in [0.29, 0.717) is 22.7 Å². The zero-order valence-electron chi connectivity index (χ0n) is 9.64. The van der Waals surface area contributed by atoms with Gasteiger partial charge in [-0.15, -0.1) is 0 Å². The number of fused-ring (bicyclic) bond motifs is 1. The molecule has 4 nitrogen and oxygen atoms in total. The molecule has 1 aromatic carbocycles. The van der Waals surface area contributed by atoms with Crippen LogP contribution in [0, 0.1) is 5.92 Å². The van der Waals surface area contributed by atoms with Crippen LogP contribution in [0.1, 0.15) is 40.5 Å². The van der Waals surface area contributed by atoms with Crippen LogP contribution < -0.4 is 5.73 Å². The number of hydrogen-bond donors (Lipinski definition) is 1. The van der Waals surface area contributed by atoms with Gasteiger partial charge < -0.3 is 5.73 Å². The summed E-state index contributed by atoms with van der Waals surface area (Å²) in [6.07, 6.45) is 2.22. The number of nitrogens with two attached hydrogens (primary N) is 1. The summed E-state index contributed by atoms with van der Waals surface area (Å²) in [7, 11) is 0. The van der Waals surface area contributed by atoms with Gasteiger partial charge in [-0.25, -0.2) is 0 Å². The number of rotatable bonds is 2. The summed E-state index contributed by atoms with van der Waals surface area (Å²) in [6.45, 7) is 1.95. The Hall–Kier alpha value is -1.84. The number of imide groups is 1. The van der Waals surface area contributed by atoms with E-state index in [9.17, 15) is 9.59 Å². The van der Waals surface area contributed by atoms with Gasteiger partial charge in [-0.1, -0.05) is 0 Å². The molecule has 1 fully saturated rings. The minimum Gasteiger partial charge on any atom is -0.399 e. The number of nitrogen functional groups attached to an aromatic ring is 1. The van der Waals surface area contributed by atoms with Crippen molar-refractivity contribution in [1.82, 2.24) is 4.90 Å². The predicted molar refractivity (Wildman–Crippen MR) is 63.5 cm³/mol. The molecule has 2 N–H and O–H groups in total. The molecule has 4 heteroatoms. The Bertz CT molecular complexity index is 520. The smallest absolute Gasteiger partial charge is 0.261 e. The number of amides is 2. The standard InChI is InChI=1S/C13H14N2O2/c1-7(8-2-3-8)15-12(16)10-5-4-9(14)6-11(10)13(15)17/h4-8H,2-3,14H2,1H3. The van der Waals surface area contributed by atoms with Gasteiger partial charge in [0.25, 0.3) is 11.8 Å². The first-order valence-corrected chi connectivity index (χ1v) is 5.87. The first kappa shape index (κ1) is 10.3. The maximum atomic E-state index is 12.2. The van der Waals surface area contributed by atoms with Gasteiger partial charge in [0.15, 0.2) is 0 Å². The van der Waals surface area contributed by atoms with Crippen LogP contribution in [-0.4, -0.2) is 22.8 Å². The van der Waals surface area contributed by atoms with Crippen molar-refractivity contribution >= 4 is 17.5 Å². The Morgan fingerprint density at radius 3 is 2.53 bits per heavy atom. The van der Waals surface area contributed by atoms with Crippen LogP contribution in [0.5, 0.6) is 0 Å². The third-order valence-electron chi connectivity index (χ3n) is 3.65. The molecule has 88 valence electrons. The lowest BCUT2D eigenvalue weighted by Crippen LogP contribution is -2.39. The summed E-state index contributed by atoms with van der Waals surface area (Å²) >= 11 is 0. The van der Waals surface area contributed by atoms with Crippen LogP contribution in [0.15, 0.2) is 18.2 Å². The molecule has 1 unspecified atom stereocenters. The van der Waals surface area contributed by atoms with Crippen molar-refractivity contribution in [2.24, 2.45) is 5.92 Å². The molecule has 1 atom stereocenters. The Labute approximate surface area is 99.4 Å². The zero-order valence-corrected chi connectivity index (χ0v) is 9.64. The van der Waals surface area contributed by atoms with Crippen molar-refractivity contribution < 1.29 is 9.59 Å². The maximum absolute atomic E-state index is 12.2. The molecule has 3 rings (SSSR count). The minimum absolute atomic E-state index is 0.00336. The molecule has 17 heavy (non-hydrogen) atoms. The van der Waals surface area contributed by atoms with Crippen LogP contribution in [0.4, 0.5) is 5.69 Å². The second-order valence-electron chi connectivity index (χ2n) is 4.86. The molecule has 1 aromatic rings. The van der Waals surface area contributed by atoms with Crippen molar-refractivity contribution in [1.29, 1.82) is 0 Å². The fraction of sp³-hybridized carbons (Fsp3) is 0.385. The van der Waals surface area contributed by atoms with Gasteiger partial charge in [0.1, 0.15) is 0 Å². The molecule has 2 aliphatic rings. The Morgan fingerprint density at radius 1 is 1.24 bits per heavy atom. The van der Waals surface area contributed by atoms with E-state index in [4.69, 9.17) is 5.73 Å². The molecule has 0 aromatic heterocycles. The number of hydrogen-bond acceptors (Lipinski definition) is 3. The lowest BCUT2D eigenvalue weighted by atomic mass is 10.1. The second-order valence-corrected chi connectivity index (χ2v) is 4.86.